The largest absolute Gasteiger partial charge is 0.378 e. The second-order valence-electron chi connectivity index (χ2n) is 4.61. The molecule has 1 aliphatic rings. The number of nitrogens with one attached hydrogen (secondary N) is 1. The van der Waals surface area contributed by atoms with Crippen molar-refractivity contribution in [3.05, 3.63) is 38.9 Å². The predicted molar refractivity (Wildman–Crippen MR) is 74.0 cm³/mol. The van der Waals surface area contributed by atoms with Gasteiger partial charge in [-0.25, -0.2) is 0 Å². The topological polar surface area (TPSA) is 81.5 Å². The molecule has 7 heteroatoms. The molecule has 0 heterocycles. The zero-order chi connectivity index (χ0) is 14.7. The molecule has 108 valence electrons. The third-order valence-corrected chi connectivity index (χ3v) is 3.65. The minimum absolute atomic E-state index is 0.0365. The van der Waals surface area contributed by atoms with Crippen molar-refractivity contribution in [1.29, 1.82) is 0 Å². The maximum absolute atomic E-state index is 12.0. The van der Waals surface area contributed by atoms with Crippen molar-refractivity contribution >= 4 is 23.2 Å². The van der Waals surface area contributed by atoms with Crippen LogP contribution in [0.5, 0.6) is 0 Å². The first kappa shape index (κ1) is 14.7. The number of carbonyl (C=O) groups excluding carboxylic acids is 1. The van der Waals surface area contributed by atoms with Gasteiger partial charge in [0.2, 0.25) is 0 Å². The number of nitro groups is 1. The van der Waals surface area contributed by atoms with Crippen LogP contribution in [0.15, 0.2) is 18.2 Å². The minimum atomic E-state index is -0.604. The van der Waals surface area contributed by atoms with Gasteiger partial charge in [-0.05, 0) is 25.8 Å². The van der Waals surface area contributed by atoms with Crippen LogP contribution in [0.2, 0.25) is 5.02 Å². The highest BCUT2D eigenvalue weighted by atomic mass is 35.5. The smallest absolute Gasteiger partial charge is 0.288 e. The molecule has 0 unspecified atom stereocenters. The Hall–Kier alpha value is -1.66. The van der Waals surface area contributed by atoms with Gasteiger partial charge in [-0.1, -0.05) is 17.7 Å². The number of halogens is 1. The second-order valence-corrected chi connectivity index (χ2v) is 4.99. The van der Waals surface area contributed by atoms with Crippen LogP contribution >= 0.6 is 11.6 Å². The third kappa shape index (κ3) is 3.08. The van der Waals surface area contributed by atoms with Crippen LogP contribution in [-0.4, -0.2) is 29.6 Å². The molecule has 0 spiro atoms. The first-order chi connectivity index (χ1) is 9.52. The number of nitro benzene ring substituents is 1. The molecule has 0 aliphatic heterocycles. The summed E-state index contributed by atoms with van der Waals surface area (Å²) < 4.78 is 5.40. The van der Waals surface area contributed by atoms with Crippen molar-refractivity contribution in [3.8, 4) is 0 Å². The van der Waals surface area contributed by atoms with Crippen molar-refractivity contribution in [1.82, 2.24) is 5.32 Å². The lowest BCUT2D eigenvalue weighted by Crippen LogP contribution is -2.47. The van der Waals surface area contributed by atoms with E-state index in [-0.39, 0.29) is 28.4 Å². The quantitative estimate of drug-likeness (QED) is 0.669. The lowest BCUT2D eigenvalue weighted by atomic mass is 9.89. The lowest BCUT2D eigenvalue weighted by Gasteiger charge is -2.35. The molecule has 0 atom stereocenters. The molecule has 1 N–H and O–H groups in total. The summed E-state index contributed by atoms with van der Waals surface area (Å²) >= 11 is 5.89. The molecule has 6 nitrogen and oxygen atoms in total. The highest BCUT2D eigenvalue weighted by Crippen LogP contribution is 2.29. The summed E-state index contributed by atoms with van der Waals surface area (Å²) in [5, 5.41) is 13.4. The van der Waals surface area contributed by atoms with Crippen molar-refractivity contribution in [2.24, 2.45) is 0 Å². The number of ether oxygens (including phenoxy) is 1. The Kier molecular flexibility index (Phi) is 4.57. The van der Waals surface area contributed by atoms with Crippen LogP contribution in [0.4, 0.5) is 5.69 Å². The number of rotatable bonds is 5. The Morgan fingerprint density at radius 3 is 2.85 bits per heavy atom. The molecule has 1 aromatic rings. The maximum atomic E-state index is 12.0. The van der Waals surface area contributed by atoms with Crippen LogP contribution in [0.25, 0.3) is 0 Å². The number of amides is 1. The van der Waals surface area contributed by atoms with Gasteiger partial charge in [-0.3, -0.25) is 14.9 Å². The fourth-order valence-electron chi connectivity index (χ4n) is 2.15. The van der Waals surface area contributed by atoms with Crippen molar-refractivity contribution in [2.75, 3.05) is 6.61 Å². The number of hydrogen-bond donors (Lipinski definition) is 1. The highest BCUT2D eigenvalue weighted by molar-refractivity contribution is 6.35. The summed E-state index contributed by atoms with van der Waals surface area (Å²) in [6.07, 6.45) is 1.70. The van der Waals surface area contributed by atoms with E-state index < -0.39 is 10.8 Å². The van der Waals surface area contributed by atoms with Gasteiger partial charge in [0.1, 0.15) is 5.02 Å². The molecule has 1 saturated carbocycles. The normalized spacial score (nSPS) is 21.1. The standard InChI is InChI=1S/C13H15ClN2O4/c1-2-20-9-6-8(7-9)15-13(17)10-4-3-5-11(12(10)14)16(18)19/h3-5,8-9H,2,6-7H2,1H3,(H,15,17). The van der Waals surface area contributed by atoms with Crippen LogP contribution in [0.3, 0.4) is 0 Å². The van der Waals surface area contributed by atoms with Gasteiger partial charge < -0.3 is 10.1 Å². The first-order valence-electron chi connectivity index (χ1n) is 6.38. The molecule has 0 radical (unpaired) electrons. The minimum Gasteiger partial charge on any atom is -0.378 e. The van der Waals surface area contributed by atoms with Crippen molar-refractivity contribution in [3.63, 3.8) is 0 Å². The number of nitrogens with zero attached hydrogens (tertiary/aromatic N) is 1. The van der Waals surface area contributed by atoms with Gasteiger partial charge in [0, 0.05) is 18.7 Å². The molecule has 20 heavy (non-hydrogen) atoms. The van der Waals surface area contributed by atoms with Crippen molar-refractivity contribution in [2.45, 2.75) is 31.9 Å². The lowest BCUT2D eigenvalue weighted by molar-refractivity contribution is -0.384. The van der Waals surface area contributed by atoms with Crippen LogP contribution < -0.4 is 5.32 Å². The molecule has 1 amide bonds. The summed E-state index contributed by atoms with van der Waals surface area (Å²) in [6.45, 7) is 2.58. The van der Waals surface area contributed by atoms with E-state index in [1.807, 2.05) is 6.92 Å². The number of benzene rings is 1. The molecule has 1 aromatic carbocycles. The molecule has 0 saturated heterocycles. The van der Waals surface area contributed by atoms with Crippen LogP contribution in [0, 0.1) is 10.1 Å². The summed E-state index contributed by atoms with van der Waals surface area (Å²) in [4.78, 5) is 22.2. The monoisotopic (exact) mass is 298 g/mol. The van der Waals surface area contributed by atoms with E-state index in [0.29, 0.717) is 6.61 Å². The SMILES string of the molecule is CCOC1CC(NC(=O)c2cccc([N+](=O)[O-])c2Cl)C1. The summed E-state index contributed by atoms with van der Waals surface area (Å²) in [5.74, 6) is -0.390. The van der Waals surface area contributed by atoms with E-state index >= 15 is 0 Å². The Balaban J connectivity index is 2.00. The zero-order valence-corrected chi connectivity index (χ0v) is 11.7. The predicted octanol–water partition coefficient (Wildman–Crippen LogP) is 2.55. The summed E-state index contributed by atoms with van der Waals surface area (Å²) in [7, 11) is 0. The Labute approximate surface area is 121 Å². The number of hydrogen-bond acceptors (Lipinski definition) is 4. The second kappa shape index (κ2) is 6.19. The van der Waals surface area contributed by atoms with E-state index in [2.05, 4.69) is 5.32 Å². The molecule has 2 rings (SSSR count). The van der Waals surface area contributed by atoms with Crippen LogP contribution in [-0.2, 0) is 4.74 Å². The third-order valence-electron chi connectivity index (χ3n) is 3.25. The number of carbonyl (C=O) groups is 1. The Bertz CT molecular complexity index is 529. The van der Waals surface area contributed by atoms with Crippen LogP contribution in [0.1, 0.15) is 30.1 Å². The zero-order valence-electron chi connectivity index (χ0n) is 11.0. The van der Waals surface area contributed by atoms with Gasteiger partial charge in [0.05, 0.1) is 16.6 Å². The molecular formula is C13H15ClN2O4. The Morgan fingerprint density at radius 1 is 1.55 bits per heavy atom. The molecule has 0 bridgehead atoms. The summed E-state index contributed by atoms with van der Waals surface area (Å²) in [5.41, 5.74) is -0.138. The van der Waals surface area contributed by atoms with E-state index in [9.17, 15) is 14.9 Å². The Morgan fingerprint density at radius 2 is 2.25 bits per heavy atom. The maximum Gasteiger partial charge on any atom is 0.288 e. The highest BCUT2D eigenvalue weighted by Gasteiger charge is 2.31. The fourth-order valence-corrected chi connectivity index (χ4v) is 2.44. The van der Waals surface area contributed by atoms with Gasteiger partial charge >= 0.3 is 0 Å². The molecule has 1 fully saturated rings. The van der Waals surface area contributed by atoms with Gasteiger partial charge in [0.15, 0.2) is 0 Å². The molecular weight excluding hydrogens is 284 g/mol. The molecule has 0 aromatic heterocycles. The van der Waals surface area contributed by atoms with E-state index in [0.717, 1.165) is 12.8 Å². The van der Waals surface area contributed by atoms with Crippen molar-refractivity contribution < 1.29 is 14.5 Å². The van der Waals surface area contributed by atoms with Gasteiger partial charge in [0.25, 0.3) is 11.6 Å². The molecule has 1 aliphatic carbocycles. The summed E-state index contributed by atoms with van der Waals surface area (Å²) in [6, 6.07) is 4.23. The fraction of sp³-hybridized carbons (Fsp3) is 0.462. The van der Waals surface area contributed by atoms with E-state index in [1.54, 1.807) is 0 Å². The van der Waals surface area contributed by atoms with E-state index in [4.69, 9.17) is 16.3 Å². The average molecular weight is 299 g/mol. The average Bonchev–Trinajstić information content (AvgIpc) is 2.36. The van der Waals surface area contributed by atoms with Gasteiger partial charge in [-0.2, -0.15) is 0 Å². The van der Waals surface area contributed by atoms with E-state index in [1.165, 1.54) is 18.2 Å². The van der Waals surface area contributed by atoms with Gasteiger partial charge in [-0.15, -0.1) is 0 Å². The first-order valence-corrected chi connectivity index (χ1v) is 6.76.